The van der Waals surface area contributed by atoms with Crippen LogP contribution in [0, 0.1) is 0 Å². The van der Waals surface area contributed by atoms with Crippen molar-refractivity contribution < 1.29 is 4.74 Å². The Bertz CT molecular complexity index is 289. The number of piperidine rings is 1. The van der Waals surface area contributed by atoms with Crippen molar-refractivity contribution in [2.75, 3.05) is 33.9 Å². The molecule has 2 bridgehead atoms. The summed E-state index contributed by atoms with van der Waals surface area (Å²) >= 11 is 0. The molecule has 0 spiro atoms. The molecule has 0 amide bonds. The maximum atomic E-state index is 6.20. The largest absolute Gasteiger partial charge is 0.380 e. The van der Waals surface area contributed by atoms with Crippen LogP contribution in [0.5, 0.6) is 0 Å². The molecular formula is C14H27N3O. The van der Waals surface area contributed by atoms with Gasteiger partial charge >= 0.3 is 0 Å². The molecule has 3 aliphatic heterocycles. The van der Waals surface area contributed by atoms with E-state index in [1.165, 1.54) is 32.1 Å². The highest BCUT2D eigenvalue weighted by atomic mass is 16.5. The fourth-order valence-electron chi connectivity index (χ4n) is 4.36. The highest BCUT2D eigenvalue weighted by molar-refractivity contribution is 5.07. The van der Waals surface area contributed by atoms with Crippen molar-refractivity contribution in [2.45, 2.75) is 55.8 Å². The van der Waals surface area contributed by atoms with Crippen LogP contribution in [0.15, 0.2) is 0 Å². The van der Waals surface area contributed by atoms with Gasteiger partial charge in [-0.3, -0.25) is 4.90 Å². The van der Waals surface area contributed by atoms with Crippen LogP contribution in [-0.2, 0) is 4.74 Å². The Morgan fingerprint density at radius 2 is 1.94 bits per heavy atom. The minimum absolute atomic E-state index is 0.219. The molecule has 3 heterocycles. The van der Waals surface area contributed by atoms with Gasteiger partial charge in [-0.2, -0.15) is 0 Å². The standard InChI is InChI=1S/C14H27N3O/c1-16-11-3-4-12(16)8-14(7-11,10-15)17(2)13-5-6-18-9-13/h11-13H,3-10,15H2,1-2H3. The summed E-state index contributed by atoms with van der Waals surface area (Å²) in [7, 11) is 4.57. The first-order valence-corrected chi connectivity index (χ1v) is 7.39. The lowest BCUT2D eigenvalue weighted by Crippen LogP contribution is -2.63. The minimum Gasteiger partial charge on any atom is -0.380 e. The van der Waals surface area contributed by atoms with Crippen LogP contribution < -0.4 is 5.73 Å². The number of rotatable bonds is 3. The quantitative estimate of drug-likeness (QED) is 0.802. The molecule has 0 radical (unpaired) electrons. The Balaban J connectivity index is 1.78. The Hall–Kier alpha value is -0.160. The van der Waals surface area contributed by atoms with Crippen molar-refractivity contribution in [1.29, 1.82) is 0 Å². The zero-order valence-electron chi connectivity index (χ0n) is 11.8. The van der Waals surface area contributed by atoms with Crippen LogP contribution in [0.1, 0.15) is 32.1 Å². The molecular weight excluding hydrogens is 226 g/mol. The Kier molecular flexibility index (Phi) is 3.39. The molecule has 3 atom stereocenters. The van der Waals surface area contributed by atoms with E-state index in [4.69, 9.17) is 10.5 Å². The molecule has 3 aliphatic rings. The summed E-state index contributed by atoms with van der Waals surface area (Å²) in [5.74, 6) is 0. The first kappa shape index (κ1) is 12.9. The number of hydrogen-bond donors (Lipinski definition) is 1. The maximum Gasteiger partial charge on any atom is 0.0622 e. The van der Waals surface area contributed by atoms with E-state index in [0.717, 1.165) is 31.8 Å². The van der Waals surface area contributed by atoms with Crippen molar-refractivity contribution in [2.24, 2.45) is 5.73 Å². The number of ether oxygens (including phenoxy) is 1. The molecule has 0 aromatic carbocycles. The minimum atomic E-state index is 0.219. The first-order chi connectivity index (χ1) is 8.66. The van der Waals surface area contributed by atoms with Crippen molar-refractivity contribution in [3.63, 3.8) is 0 Å². The van der Waals surface area contributed by atoms with Gasteiger partial charge in [0.2, 0.25) is 0 Å². The Labute approximate surface area is 110 Å². The second-order valence-corrected chi connectivity index (χ2v) is 6.52. The summed E-state index contributed by atoms with van der Waals surface area (Å²) in [6.07, 6.45) is 6.37. The van der Waals surface area contributed by atoms with Gasteiger partial charge in [0.15, 0.2) is 0 Å². The number of nitrogens with zero attached hydrogens (tertiary/aromatic N) is 2. The summed E-state index contributed by atoms with van der Waals surface area (Å²) in [6.45, 7) is 2.60. The molecule has 18 heavy (non-hydrogen) atoms. The van der Waals surface area contributed by atoms with E-state index in [-0.39, 0.29) is 5.54 Å². The van der Waals surface area contributed by atoms with Crippen molar-refractivity contribution in [1.82, 2.24) is 9.80 Å². The lowest BCUT2D eigenvalue weighted by Gasteiger charge is -2.51. The second-order valence-electron chi connectivity index (χ2n) is 6.52. The smallest absolute Gasteiger partial charge is 0.0622 e. The van der Waals surface area contributed by atoms with Crippen LogP contribution in [0.25, 0.3) is 0 Å². The summed E-state index contributed by atoms with van der Waals surface area (Å²) in [5.41, 5.74) is 6.42. The van der Waals surface area contributed by atoms with E-state index >= 15 is 0 Å². The number of likely N-dealkylation sites (N-methyl/N-ethyl adjacent to an activating group) is 1. The normalized spacial score (nSPS) is 45.0. The SMILES string of the molecule is CN1C2CCC1CC(CN)(N(C)C1CCOC1)C2. The van der Waals surface area contributed by atoms with E-state index < -0.39 is 0 Å². The van der Waals surface area contributed by atoms with Gasteiger partial charge < -0.3 is 15.4 Å². The highest BCUT2D eigenvalue weighted by Gasteiger charge is 2.49. The van der Waals surface area contributed by atoms with Gasteiger partial charge in [0.1, 0.15) is 0 Å². The third kappa shape index (κ3) is 1.90. The Morgan fingerprint density at radius 3 is 2.44 bits per heavy atom. The molecule has 3 rings (SSSR count). The zero-order valence-corrected chi connectivity index (χ0v) is 11.8. The first-order valence-electron chi connectivity index (χ1n) is 7.39. The molecule has 4 heteroatoms. The summed E-state index contributed by atoms with van der Waals surface area (Å²) in [5, 5.41) is 0. The summed E-state index contributed by atoms with van der Waals surface area (Å²) in [6, 6.07) is 2.07. The topological polar surface area (TPSA) is 41.7 Å². The van der Waals surface area contributed by atoms with E-state index in [9.17, 15) is 0 Å². The monoisotopic (exact) mass is 253 g/mol. The van der Waals surface area contributed by atoms with Gasteiger partial charge in [-0.05, 0) is 46.2 Å². The average molecular weight is 253 g/mol. The molecule has 2 N–H and O–H groups in total. The van der Waals surface area contributed by atoms with Crippen LogP contribution in [0.2, 0.25) is 0 Å². The number of fused-ring (bicyclic) bond motifs is 2. The lowest BCUT2D eigenvalue weighted by molar-refractivity contribution is -0.00956. The van der Waals surface area contributed by atoms with Crippen molar-refractivity contribution in [3.8, 4) is 0 Å². The third-order valence-electron chi connectivity index (χ3n) is 5.80. The predicted molar refractivity (Wildman–Crippen MR) is 72.6 cm³/mol. The van der Waals surface area contributed by atoms with Crippen LogP contribution in [0.3, 0.4) is 0 Å². The Morgan fingerprint density at radius 1 is 1.28 bits per heavy atom. The molecule has 104 valence electrons. The molecule has 3 unspecified atom stereocenters. The molecule has 4 nitrogen and oxygen atoms in total. The van der Waals surface area contributed by atoms with Gasteiger partial charge in [0, 0.05) is 36.8 Å². The molecule has 0 aliphatic carbocycles. The fraction of sp³-hybridized carbons (Fsp3) is 1.00. The van der Waals surface area contributed by atoms with Crippen LogP contribution in [-0.4, -0.2) is 67.3 Å². The van der Waals surface area contributed by atoms with Gasteiger partial charge in [-0.25, -0.2) is 0 Å². The fourth-order valence-corrected chi connectivity index (χ4v) is 4.36. The summed E-state index contributed by atoms with van der Waals surface area (Å²) in [4.78, 5) is 5.16. The zero-order chi connectivity index (χ0) is 12.8. The highest BCUT2D eigenvalue weighted by Crippen LogP contribution is 2.42. The molecule has 0 aromatic heterocycles. The van der Waals surface area contributed by atoms with E-state index in [1.54, 1.807) is 0 Å². The van der Waals surface area contributed by atoms with Crippen LogP contribution >= 0.6 is 0 Å². The number of nitrogens with two attached hydrogens (primary N) is 1. The van der Waals surface area contributed by atoms with E-state index in [1.807, 2.05) is 0 Å². The maximum absolute atomic E-state index is 6.20. The second kappa shape index (κ2) is 4.75. The average Bonchev–Trinajstić information content (AvgIpc) is 2.96. The lowest BCUT2D eigenvalue weighted by atomic mass is 9.80. The number of hydrogen-bond acceptors (Lipinski definition) is 4. The van der Waals surface area contributed by atoms with Crippen molar-refractivity contribution >= 4 is 0 Å². The van der Waals surface area contributed by atoms with Crippen LogP contribution in [0.4, 0.5) is 0 Å². The van der Waals surface area contributed by atoms with Gasteiger partial charge in [-0.15, -0.1) is 0 Å². The molecule has 3 fully saturated rings. The molecule has 0 aromatic rings. The van der Waals surface area contributed by atoms with Crippen molar-refractivity contribution in [3.05, 3.63) is 0 Å². The molecule has 0 saturated carbocycles. The van der Waals surface area contributed by atoms with E-state index in [2.05, 4.69) is 23.9 Å². The van der Waals surface area contributed by atoms with Gasteiger partial charge in [0.05, 0.1) is 6.61 Å². The predicted octanol–water partition coefficient (Wildman–Crippen LogP) is 0.661. The molecule has 3 saturated heterocycles. The van der Waals surface area contributed by atoms with E-state index in [0.29, 0.717) is 6.04 Å². The third-order valence-corrected chi connectivity index (χ3v) is 5.80. The van der Waals surface area contributed by atoms with Gasteiger partial charge in [0.25, 0.3) is 0 Å². The summed E-state index contributed by atoms with van der Waals surface area (Å²) < 4.78 is 5.56. The van der Waals surface area contributed by atoms with Gasteiger partial charge in [-0.1, -0.05) is 0 Å².